The largest absolute Gasteiger partial charge is 0.496 e. The Hall–Kier alpha value is -3.84. The molecule has 0 saturated carbocycles. The Labute approximate surface area is 211 Å². The van der Waals surface area contributed by atoms with Crippen LogP contribution in [0.1, 0.15) is 28.8 Å². The summed E-state index contributed by atoms with van der Waals surface area (Å²) in [6, 6.07) is 18.0. The van der Waals surface area contributed by atoms with Crippen molar-refractivity contribution < 1.29 is 19.0 Å². The van der Waals surface area contributed by atoms with E-state index >= 15 is 0 Å². The second-order valence-corrected chi connectivity index (χ2v) is 9.00. The van der Waals surface area contributed by atoms with Crippen molar-refractivity contribution in [2.75, 3.05) is 40.5 Å². The van der Waals surface area contributed by atoms with Crippen LogP contribution >= 0.6 is 0 Å². The molecule has 1 saturated heterocycles. The average molecular weight is 486 g/mol. The average Bonchev–Trinajstić information content (AvgIpc) is 3.57. The summed E-state index contributed by atoms with van der Waals surface area (Å²) >= 11 is 0. The molecular weight excluding hydrogens is 454 g/mol. The molecule has 2 aromatic carbocycles. The third kappa shape index (κ3) is 5.06. The summed E-state index contributed by atoms with van der Waals surface area (Å²) in [6.07, 6.45) is 6.28. The predicted molar refractivity (Wildman–Crippen MR) is 140 cm³/mol. The van der Waals surface area contributed by atoms with Crippen LogP contribution in [0.3, 0.4) is 0 Å². The van der Waals surface area contributed by atoms with E-state index in [1.165, 1.54) is 33.0 Å². The Morgan fingerprint density at radius 2 is 1.81 bits per heavy atom. The Bertz CT molecular complexity index is 1340. The van der Waals surface area contributed by atoms with E-state index in [2.05, 4.69) is 32.7 Å². The molecular formula is C29H31N3O4. The van der Waals surface area contributed by atoms with Crippen molar-refractivity contribution in [2.45, 2.75) is 19.4 Å². The van der Waals surface area contributed by atoms with Gasteiger partial charge in [0.1, 0.15) is 23.7 Å². The maximum atomic E-state index is 12.1. The second kappa shape index (κ2) is 10.8. The van der Waals surface area contributed by atoms with Gasteiger partial charge in [-0.05, 0) is 85.6 Å². The van der Waals surface area contributed by atoms with Crippen LogP contribution in [0.4, 0.5) is 0 Å². The minimum Gasteiger partial charge on any atom is -0.496 e. The molecule has 7 nitrogen and oxygen atoms in total. The highest BCUT2D eigenvalue weighted by molar-refractivity contribution is 5.92. The highest BCUT2D eigenvalue weighted by Gasteiger charge is 2.16. The number of hydrogen-bond acceptors (Lipinski definition) is 6. The molecule has 0 amide bonds. The van der Waals surface area contributed by atoms with Gasteiger partial charge in [-0.1, -0.05) is 6.07 Å². The summed E-state index contributed by atoms with van der Waals surface area (Å²) in [5, 5.41) is 1.11. The van der Waals surface area contributed by atoms with E-state index < -0.39 is 5.97 Å². The number of pyridine rings is 1. The van der Waals surface area contributed by atoms with Crippen molar-refractivity contribution >= 4 is 16.9 Å². The number of fused-ring (bicyclic) bond motifs is 1. The molecule has 36 heavy (non-hydrogen) atoms. The number of hydrogen-bond donors (Lipinski definition) is 0. The number of benzene rings is 2. The minimum absolute atomic E-state index is 0.406. The van der Waals surface area contributed by atoms with Crippen LogP contribution in [0, 0.1) is 0 Å². The van der Waals surface area contributed by atoms with Gasteiger partial charge in [0.05, 0.1) is 25.9 Å². The lowest BCUT2D eigenvalue weighted by molar-refractivity contribution is 0.0597. The SMILES string of the molecule is COC(=O)c1ccc(Cn2c(-c3ccc(OCCN4CCCC4)cc3)cc3ccncc32)cc1OC. The zero-order chi connectivity index (χ0) is 24.9. The van der Waals surface area contributed by atoms with Crippen LogP contribution in [0.5, 0.6) is 11.5 Å². The Kier molecular flexibility index (Phi) is 7.18. The van der Waals surface area contributed by atoms with Crippen molar-refractivity contribution in [3.05, 3.63) is 78.1 Å². The molecule has 5 rings (SSSR count). The van der Waals surface area contributed by atoms with Crippen molar-refractivity contribution in [2.24, 2.45) is 0 Å². The number of carbonyl (C=O) groups is 1. The molecule has 3 heterocycles. The number of carbonyl (C=O) groups excluding carboxylic acids is 1. The van der Waals surface area contributed by atoms with Crippen molar-refractivity contribution in [3.8, 4) is 22.8 Å². The number of aromatic nitrogens is 2. The van der Waals surface area contributed by atoms with E-state index in [1.807, 2.05) is 42.7 Å². The highest BCUT2D eigenvalue weighted by atomic mass is 16.5. The summed E-state index contributed by atoms with van der Waals surface area (Å²) in [7, 11) is 2.92. The van der Waals surface area contributed by atoms with Gasteiger partial charge >= 0.3 is 5.97 Å². The Morgan fingerprint density at radius 3 is 2.56 bits per heavy atom. The van der Waals surface area contributed by atoms with Crippen molar-refractivity contribution in [1.29, 1.82) is 0 Å². The van der Waals surface area contributed by atoms with Crippen molar-refractivity contribution in [3.63, 3.8) is 0 Å². The smallest absolute Gasteiger partial charge is 0.341 e. The van der Waals surface area contributed by atoms with E-state index in [4.69, 9.17) is 14.2 Å². The molecule has 186 valence electrons. The first kappa shape index (κ1) is 23.9. The maximum Gasteiger partial charge on any atom is 0.341 e. The van der Waals surface area contributed by atoms with Gasteiger partial charge in [0.2, 0.25) is 0 Å². The van der Waals surface area contributed by atoms with E-state index in [0.717, 1.165) is 40.0 Å². The van der Waals surface area contributed by atoms with Gasteiger partial charge in [-0.15, -0.1) is 0 Å². The molecule has 7 heteroatoms. The van der Waals surface area contributed by atoms with Gasteiger partial charge in [-0.3, -0.25) is 9.88 Å². The van der Waals surface area contributed by atoms with Crippen LogP contribution in [-0.2, 0) is 11.3 Å². The Morgan fingerprint density at radius 1 is 1.00 bits per heavy atom. The third-order valence-electron chi connectivity index (χ3n) is 6.74. The lowest BCUT2D eigenvalue weighted by atomic mass is 10.1. The first-order chi connectivity index (χ1) is 17.7. The van der Waals surface area contributed by atoms with E-state index in [-0.39, 0.29) is 0 Å². The molecule has 0 bridgehead atoms. The summed E-state index contributed by atoms with van der Waals surface area (Å²) in [6.45, 7) is 4.63. The molecule has 1 fully saturated rings. The number of ether oxygens (including phenoxy) is 3. The molecule has 0 unspecified atom stereocenters. The second-order valence-electron chi connectivity index (χ2n) is 9.00. The maximum absolute atomic E-state index is 12.1. The molecule has 2 aromatic heterocycles. The number of nitrogens with zero attached hydrogens (tertiary/aromatic N) is 3. The van der Waals surface area contributed by atoms with Gasteiger partial charge < -0.3 is 18.8 Å². The van der Waals surface area contributed by atoms with Crippen LogP contribution in [0.2, 0.25) is 0 Å². The fourth-order valence-electron chi connectivity index (χ4n) is 4.82. The molecule has 4 aromatic rings. The highest BCUT2D eigenvalue weighted by Crippen LogP contribution is 2.31. The first-order valence-electron chi connectivity index (χ1n) is 12.3. The van der Waals surface area contributed by atoms with E-state index in [1.54, 1.807) is 13.2 Å². The molecule has 0 radical (unpaired) electrons. The standard InChI is InChI=1S/C29H31N3O4/c1-34-28-17-21(5-10-25(28)29(33)35-2)20-32-26(18-23-11-12-30-19-27(23)32)22-6-8-24(9-7-22)36-16-15-31-13-3-4-14-31/h5-12,17-19H,3-4,13-16,20H2,1-2H3. The monoisotopic (exact) mass is 485 g/mol. The van der Waals surface area contributed by atoms with Crippen LogP contribution in [0.15, 0.2) is 67.0 Å². The number of likely N-dealkylation sites (tertiary alicyclic amines) is 1. The molecule has 0 N–H and O–H groups in total. The third-order valence-corrected chi connectivity index (χ3v) is 6.74. The van der Waals surface area contributed by atoms with Gasteiger partial charge in [0, 0.05) is 30.4 Å². The van der Waals surface area contributed by atoms with E-state index in [9.17, 15) is 4.79 Å². The van der Waals surface area contributed by atoms with Crippen LogP contribution < -0.4 is 9.47 Å². The minimum atomic E-state index is -0.419. The number of methoxy groups -OCH3 is 2. The fraction of sp³-hybridized carbons (Fsp3) is 0.310. The van der Waals surface area contributed by atoms with Gasteiger partial charge in [-0.2, -0.15) is 0 Å². The van der Waals surface area contributed by atoms with Crippen LogP contribution in [0.25, 0.3) is 22.2 Å². The van der Waals surface area contributed by atoms with Crippen LogP contribution in [-0.4, -0.2) is 60.9 Å². The summed E-state index contributed by atoms with van der Waals surface area (Å²) in [4.78, 5) is 18.9. The van der Waals surface area contributed by atoms with Crippen molar-refractivity contribution in [1.82, 2.24) is 14.5 Å². The number of esters is 1. The number of rotatable bonds is 9. The molecule has 0 atom stereocenters. The summed E-state index contributed by atoms with van der Waals surface area (Å²) < 4.78 is 18.6. The Balaban J connectivity index is 1.40. The summed E-state index contributed by atoms with van der Waals surface area (Å²) in [5.74, 6) is 0.953. The molecule has 0 spiro atoms. The lowest BCUT2D eigenvalue weighted by Gasteiger charge is -2.15. The quantitative estimate of drug-likeness (QED) is 0.310. The molecule has 1 aliphatic heterocycles. The molecule has 0 aliphatic carbocycles. The zero-order valence-corrected chi connectivity index (χ0v) is 20.8. The summed E-state index contributed by atoms with van der Waals surface area (Å²) in [5.41, 5.74) is 4.62. The first-order valence-corrected chi connectivity index (χ1v) is 12.3. The van der Waals surface area contributed by atoms with Gasteiger partial charge in [0.25, 0.3) is 0 Å². The van der Waals surface area contributed by atoms with Gasteiger partial charge in [-0.25, -0.2) is 4.79 Å². The lowest BCUT2D eigenvalue weighted by Crippen LogP contribution is -2.25. The zero-order valence-electron chi connectivity index (χ0n) is 20.8. The topological polar surface area (TPSA) is 65.8 Å². The van der Waals surface area contributed by atoms with Gasteiger partial charge in [0.15, 0.2) is 0 Å². The predicted octanol–water partition coefficient (Wildman–Crippen LogP) is 5.02. The molecule has 1 aliphatic rings. The fourth-order valence-corrected chi connectivity index (χ4v) is 4.82. The van der Waals surface area contributed by atoms with E-state index in [0.29, 0.717) is 24.5 Å². The normalized spacial score (nSPS) is 13.7.